The first-order chi connectivity index (χ1) is 9.24. The van der Waals surface area contributed by atoms with Gasteiger partial charge in [0, 0.05) is 12.0 Å². The van der Waals surface area contributed by atoms with Crippen LogP contribution in [0.15, 0.2) is 54.6 Å². The molecule has 0 amide bonds. The monoisotopic (exact) mass is 269 g/mol. The molecule has 0 saturated carbocycles. The molecule has 0 saturated heterocycles. The standard InChI is InChI=1S/C16H12ClNO/c17-15-9-5-4-8-14(15)16(19)13(10-11-18)12-6-2-1-3-7-12/h1-9,13H,10H2. The van der Waals surface area contributed by atoms with Gasteiger partial charge < -0.3 is 0 Å². The van der Waals surface area contributed by atoms with Crippen LogP contribution in [0.5, 0.6) is 0 Å². The van der Waals surface area contributed by atoms with Gasteiger partial charge in [-0.3, -0.25) is 4.79 Å². The first kappa shape index (κ1) is 13.3. The van der Waals surface area contributed by atoms with Gasteiger partial charge in [0.05, 0.1) is 17.0 Å². The molecular formula is C16H12ClNO. The van der Waals surface area contributed by atoms with E-state index in [1.165, 1.54) is 0 Å². The van der Waals surface area contributed by atoms with Crippen LogP contribution in [-0.2, 0) is 0 Å². The fraction of sp³-hybridized carbons (Fsp3) is 0.125. The topological polar surface area (TPSA) is 40.9 Å². The van der Waals surface area contributed by atoms with Gasteiger partial charge in [0.25, 0.3) is 0 Å². The molecule has 0 bridgehead atoms. The lowest BCUT2D eigenvalue weighted by molar-refractivity contribution is 0.0961. The maximum Gasteiger partial charge on any atom is 0.172 e. The lowest BCUT2D eigenvalue weighted by atomic mass is 9.88. The zero-order chi connectivity index (χ0) is 13.7. The number of nitriles is 1. The molecule has 1 unspecified atom stereocenters. The molecule has 2 rings (SSSR count). The van der Waals surface area contributed by atoms with Crippen LogP contribution in [0, 0.1) is 11.3 Å². The van der Waals surface area contributed by atoms with Gasteiger partial charge in [-0.2, -0.15) is 5.26 Å². The molecule has 94 valence electrons. The molecule has 0 aliphatic rings. The van der Waals surface area contributed by atoms with Crippen molar-refractivity contribution >= 4 is 17.4 Å². The van der Waals surface area contributed by atoms with Crippen molar-refractivity contribution in [1.82, 2.24) is 0 Å². The molecule has 0 spiro atoms. The van der Waals surface area contributed by atoms with Crippen molar-refractivity contribution in [2.45, 2.75) is 12.3 Å². The molecule has 0 radical (unpaired) electrons. The van der Waals surface area contributed by atoms with Gasteiger partial charge in [-0.25, -0.2) is 0 Å². The van der Waals surface area contributed by atoms with Crippen molar-refractivity contribution in [1.29, 1.82) is 5.26 Å². The molecule has 3 heteroatoms. The zero-order valence-corrected chi connectivity index (χ0v) is 11.0. The lowest BCUT2D eigenvalue weighted by Gasteiger charge is -2.13. The lowest BCUT2D eigenvalue weighted by Crippen LogP contribution is -2.13. The average Bonchev–Trinajstić information content (AvgIpc) is 2.45. The van der Waals surface area contributed by atoms with Gasteiger partial charge in [-0.1, -0.05) is 54.1 Å². The average molecular weight is 270 g/mol. The van der Waals surface area contributed by atoms with Gasteiger partial charge in [-0.05, 0) is 17.7 Å². The summed E-state index contributed by atoms with van der Waals surface area (Å²) in [5.74, 6) is -0.579. The van der Waals surface area contributed by atoms with Gasteiger partial charge in [-0.15, -0.1) is 0 Å². The highest BCUT2D eigenvalue weighted by Crippen LogP contribution is 2.27. The molecule has 19 heavy (non-hydrogen) atoms. The Morgan fingerprint density at radius 1 is 1.11 bits per heavy atom. The summed E-state index contributed by atoms with van der Waals surface area (Å²) in [4.78, 5) is 12.5. The number of hydrogen-bond donors (Lipinski definition) is 0. The largest absolute Gasteiger partial charge is 0.293 e. The summed E-state index contributed by atoms with van der Waals surface area (Å²) in [6.07, 6.45) is 0.147. The van der Waals surface area contributed by atoms with Gasteiger partial charge >= 0.3 is 0 Å². The predicted molar refractivity (Wildman–Crippen MR) is 75.2 cm³/mol. The number of rotatable bonds is 4. The van der Waals surface area contributed by atoms with Crippen LogP contribution in [0.2, 0.25) is 5.02 Å². The normalized spacial score (nSPS) is 11.6. The molecule has 0 heterocycles. The van der Waals surface area contributed by atoms with Crippen molar-refractivity contribution in [3.8, 4) is 6.07 Å². The van der Waals surface area contributed by atoms with Crippen LogP contribution in [0.25, 0.3) is 0 Å². The van der Waals surface area contributed by atoms with Crippen molar-refractivity contribution in [2.75, 3.05) is 0 Å². The van der Waals surface area contributed by atoms with Crippen LogP contribution >= 0.6 is 11.6 Å². The summed E-state index contributed by atoms with van der Waals surface area (Å²) < 4.78 is 0. The van der Waals surface area contributed by atoms with Gasteiger partial charge in [0.15, 0.2) is 5.78 Å². The van der Waals surface area contributed by atoms with Crippen molar-refractivity contribution in [3.63, 3.8) is 0 Å². The van der Waals surface area contributed by atoms with E-state index in [9.17, 15) is 4.79 Å². The summed E-state index contributed by atoms with van der Waals surface area (Å²) in [6, 6.07) is 18.3. The molecular weight excluding hydrogens is 258 g/mol. The van der Waals surface area contributed by atoms with Gasteiger partial charge in [0.2, 0.25) is 0 Å². The third-order valence-corrected chi connectivity index (χ3v) is 3.28. The number of nitrogens with zero attached hydrogens (tertiary/aromatic N) is 1. The summed E-state index contributed by atoms with van der Waals surface area (Å²) >= 11 is 6.05. The summed E-state index contributed by atoms with van der Waals surface area (Å²) in [5, 5.41) is 9.35. The number of carbonyl (C=O) groups is 1. The third kappa shape index (κ3) is 3.01. The second kappa shape index (κ2) is 6.17. The third-order valence-electron chi connectivity index (χ3n) is 2.95. The van der Waals surface area contributed by atoms with Crippen molar-refractivity contribution < 1.29 is 4.79 Å². The first-order valence-corrected chi connectivity index (χ1v) is 6.32. The Bertz CT molecular complexity index is 616. The SMILES string of the molecule is N#CCC(C(=O)c1ccccc1Cl)c1ccccc1. The number of carbonyl (C=O) groups excluding carboxylic acids is 1. The van der Waals surface area contributed by atoms with Gasteiger partial charge in [0.1, 0.15) is 0 Å². The second-order valence-electron chi connectivity index (χ2n) is 4.17. The van der Waals surface area contributed by atoms with Crippen LogP contribution in [0.3, 0.4) is 0 Å². The highest BCUT2D eigenvalue weighted by molar-refractivity contribution is 6.34. The van der Waals surface area contributed by atoms with E-state index in [0.717, 1.165) is 5.56 Å². The molecule has 2 nitrogen and oxygen atoms in total. The molecule has 0 aromatic heterocycles. The number of ketones is 1. The minimum absolute atomic E-state index is 0.113. The van der Waals surface area contributed by atoms with E-state index in [4.69, 9.17) is 16.9 Å². The van der Waals surface area contributed by atoms with Crippen LogP contribution in [-0.4, -0.2) is 5.78 Å². The van der Waals surface area contributed by atoms with Crippen LogP contribution < -0.4 is 0 Å². The number of benzene rings is 2. The zero-order valence-electron chi connectivity index (χ0n) is 10.2. The van der Waals surface area contributed by atoms with E-state index in [1.54, 1.807) is 24.3 Å². The highest BCUT2D eigenvalue weighted by atomic mass is 35.5. The maximum absolute atomic E-state index is 12.5. The Labute approximate surface area is 117 Å². The van der Waals surface area contributed by atoms with Crippen molar-refractivity contribution in [3.05, 3.63) is 70.7 Å². The van der Waals surface area contributed by atoms with E-state index in [1.807, 2.05) is 30.3 Å². The summed E-state index contributed by atoms with van der Waals surface area (Å²) in [6.45, 7) is 0. The minimum Gasteiger partial charge on any atom is -0.293 e. The molecule has 0 aliphatic heterocycles. The molecule has 0 fully saturated rings. The van der Waals surface area contributed by atoms with E-state index in [0.29, 0.717) is 10.6 Å². The smallest absolute Gasteiger partial charge is 0.172 e. The summed E-state index contributed by atoms with van der Waals surface area (Å²) in [7, 11) is 0. The Morgan fingerprint density at radius 2 is 1.74 bits per heavy atom. The van der Waals surface area contributed by atoms with Crippen molar-refractivity contribution in [2.24, 2.45) is 0 Å². The maximum atomic E-state index is 12.5. The highest BCUT2D eigenvalue weighted by Gasteiger charge is 2.23. The number of halogens is 1. The fourth-order valence-corrected chi connectivity index (χ4v) is 2.22. The Morgan fingerprint density at radius 3 is 2.37 bits per heavy atom. The van der Waals surface area contributed by atoms with E-state index in [2.05, 4.69) is 6.07 Å². The quantitative estimate of drug-likeness (QED) is 0.780. The van der Waals surface area contributed by atoms with Crippen LogP contribution in [0.4, 0.5) is 0 Å². The second-order valence-corrected chi connectivity index (χ2v) is 4.58. The van der Waals surface area contributed by atoms with Crippen LogP contribution in [0.1, 0.15) is 28.3 Å². The Hall–Kier alpha value is -2.11. The minimum atomic E-state index is -0.467. The van der Waals surface area contributed by atoms with E-state index < -0.39 is 5.92 Å². The Kier molecular flexibility index (Phi) is 4.33. The first-order valence-electron chi connectivity index (χ1n) is 5.94. The number of hydrogen-bond acceptors (Lipinski definition) is 2. The summed E-state index contributed by atoms with van der Waals surface area (Å²) in [5.41, 5.74) is 1.31. The predicted octanol–water partition coefficient (Wildman–Crippen LogP) is 4.22. The molecule has 2 aromatic rings. The molecule has 2 aromatic carbocycles. The molecule has 0 N–H and O–H groups in total. The fourth-order valence-electron chi connectivity index (χ4n) is 1.99. The van der Waals surface area contributed by atoms with E-state index >= 15 is 0 Å². The number of Topliss-reactive ketones (excluding diaryl/α,β-unsaturated/α-hetero) is 1. The Balaban J connectivity index is 2.39. The molecule has 1 atom stereocenters. The molecule has 0 aliphatic carbocycles. The van der Waals surface area contributed by atoms with E-state index in [-0.39, 0.29) is 12.2 Å².